The van der Waals surface area contributed by atoms with Crippen LogP contribution in [0.25, 0.3) is 22.1 Å². The van der Waals surface area contributed by atoms with Crippen molar-refractivity contribution in [2.24, 2.45) is 0 Å². The van der Waals surface area contributed by atoms with Crippen molar-refractivity contribution in [2.75, 3.05) is 5.32 Å². The fourth-order valence-electron chi connectivity index (χ4n) is 2.60. The van der Waals surface area contributed by atoms with Gasteiger partial charge in [0.2, 0.25) is 0 Å². The van der Waals surface area contributed by atoms with Gasteiger partial charge in [-0.25, -0.2) is 0 Å². The Balaban J connectivity index is 1.75. The Kier molecular flexibility index (Phi) is 3.89. The van der Waals surface area contributed by atoms with E-state index in [2.05, 4.69) is 10.5 Å². The second kappa shape index (κ2) is 6.19. The van der Waals surface area contributed by atoms with Crippen molar-refractivity contribution >= 4 is 45.7 Å². The lowest BCUT2D eigenvalue weighted by Crippen LogP contribution is -1.93. The van der Waals surface area contributed by atoms with Crippen LogP contribution in [0, 0.1) is 0 Å². The fourth-order valence-corrected chi connectivity index (χ4v) is 3.04. The maximum atomic E-state index is 6.59. The number of nitrogens with one attached hydrogen (secondary N) is 1. The third-order valence-electron chi connectivity index (χ3n) is 3.77. The highest BCUT2D eigenvalue weighted by molar-refractivity contribution is 6.36. The molecule has 0 atom stereocenters. The maximum absolute atomic E-state index is 6.59. The van der Waals surface area contributed by atoms with Crippen molar-refractivity contribution in [2.45, 2.75) is 0 Å². The quantitative estimate of drug-likeness (QED) is 0.453. The summed E-state index contributed by atoms with van der Waals surface area (Å²) in [4.78, 5) is 0. The predicted molar refractivity (Wildman–Crippen MR) is 99.2 cm³/mol. The van der Waals surface area contributed by atoms with Crippen LogP contribution in [-0.4, -0.2) is 5.16 Å². The van der Waals surface area contributed by atoms with Crippen LogP contribution in [0.4, 0.5) is 11.5 Å². The third kappa shape index (κ3) is 2.73. The molecule has 3 aromatic carbocycles. The molecule has 0 saturated heterocycles. The molecule has 0 fully saturated rings. The van der Waals surface area contributed by atoms with Crippen LogP contribution in [-0.2, 0) is 0 Å². The number of aromatic nitrogens is 1. The molecule has 1 N–H and O–H groups in total. The van der Waals surface area contributed by atoms with Gasteiger partial charge < -0.3 is 9.84 Å². The second-order valence-electron chi connectivity index (χ2n) is 5.33. The largest absolute Gasteiger partial charge is 0.354 e. The van der Waals surface area contributed by atoms with Crippen LogP contribution < -0.4 is 5.32 Å². The predicted octanol–water partition coefficient (Wildman–Crippen LogP) is 6.55. The fraction of sp³-hybridized carbons (Fsp3) is 0. The van der Waals surface area contributed by atoms with Crippen LogP contribution in [0.15, 0.2) is 71.3 Å². The zero-order chi connectivity index (χ0) is 16.5. The first-order chi connectivity index (χ1) is 11.7. The number of anilines is 2. The van der Waals surface area contributed by atoms with Crippen molar-refractivity contribution in [3.8, 4) is 11.1 Å². The first-order valence-electron chi connectivity index (χ1n) is 7.38. The summed E-state index contributed by atoms with van der Waals surface area (Å²) in [5, 5.41) is 9.40. The van der Waals surface area contributed by atoms with E-state index in [9.17, 15) is 0 Å². The van der Waals surface area contributed by atoms with Gasteiger partial charge in [0.25, 0.3) is 0 Å². The smallest absolute Gasteiger partial charge is 0.181 e. The van der Waals surface area contributed by atoms with Crippen LogP contribution in [0.3, 0.4) is 0 Å². The summed E-state index contributed by atoms with van der Waals surface area (Å²) in [5.74, 6) is 0.605. The molecule has 0 aliphatic rings. The molecule has 0 saturated carbocycles. The number of rotatable bonds is 3. The van der Waals surface area contributed by atoms with Gasteiger partial charge in [0.15, 0.2) is 11.4 Å². The molecule has 0 aliphatic carbocycles. The van der Waals surface area contributed by atoms with Gasteiger partial charge in [0, 0.05) is 16.7 Å². The lowest BCUT2D eigenvalue weighted by atomic mass is 10.1. The van der Waals surface area contributed by atoms with E-state index in [1.165, 1.54) is 0 Å². The van der Waals surface area contributed by atoms with Gasteiger partial charge in [-0.2, -0.15) is 0 Å². The first-order valence-corrected chi connectivity index (χ1v) is 8.14. The Labute approximate surface area is 148 Å². The normalized spacial score (nSPS) is 10.9. The number of hydrogen-bond donors (Lipinski definition) is 1. The second-order valence-corrected chi connectivity index (χ2v) is 6.14. The van der Waals surface area contributed by atoms with Gasteiger partial charge >= 0.3 is 0 Å². The average Bonchev–Trinajstić information content (AvgIpc) is 2.99. The molecule has 24 heavy (non-hydrogen) atoms. The third-order valence-corrected chi connectivity index (χ3v) is 4.41. The molecule has 5 heteroatoms. The average molecular weight is 355 g/mol. The summed E-state index contributed by atoms with van der Waals surface area (Å²) in [6.07, 6.45) is 0. The lowest BCUT2D eigenvalue weighted by molar-refractivity contribution is 0.460. The van der Waals surface area contributed by atoms with Gasteiger partial charge in [-0.15, -0.1) is 0 Å². The summed E-state index contributed by atoms with van der Waals surface area (Å²) in [6, 6.07) is 21.3. The highest BCUT2D eigenvalue weighted by atomic mass is 35.5. The van der Waals surface area contributed by atoms with Gasteiger partial charge in [-0.3, -0.25) is 0 Å². The summed E-state index contributed by atoms with van der Waals surface area (Å²) >= 11 is 12.6. The highest BCUT2D eigenvalue weighted by Gasteiger charge is 2.12. The van der Waals surface area contributed by atoms with Crippen molar-refractivity contribution < 1.29 is 4.52 Å². The Hall–Kier alpha value is -2.49. The summed E-state index contributed by atoms with van der Waals surface area (Å²) in [5.41, 5.74) is 3.41. The molecule has 3 nitrogen and oxygen atoms in total. The zero-order valence-corrected chi connectivity index (χ0v) is 14.0. The minimum absolute atomic E-state index is 0.605. The van der Waals surface area contributed by atoms with Crippen LogP contribution >= 0.6 is 23.2 Å². The molecule has 0 radical (unpaired) electrons. The van der Waals surface area contributed by atoms with Crippen molar-refractivity contribution in [3.05, 3.63) is 76.8 Å². The topological polar surface area (TPSA) is 38.1 Å². The Bertz CT molecular complexity index is 1010. The van der Waals surface area contributed by atoms with Gasteiger partial charge in [0.05, 0.1) is 16.1 Å². The Morgan fingerprint density at radius 1 is 0.875 bits per heavy atom. The van der Waals surface area contributed by atoms with Crippen molar-refractivity contribution in [3.63, 3.8) is 0 Å². The molecule has 0 spiro atoms. The molecule has 0 bridgehead atoms. The standard InChI is InChI=1S/C19H12Cl2N2O/c20-13-9-10-15-17(11-13)24-23-19(15)22-16-8-4-7-14(18(16)21)12-5-2-1-3-6-12/h1-11H,(H,22,23). The maximum Gasteiger partial charge on any atom is 0.181 e. The minimum atomic E-state index is 0.605. The number of benzene rings is 3. The lowest BCUT2D eigenvalue weighted by Gasteiger charge is -2.10. The molecule has 0 unspecified atom stereocenters. The van der Waals surface area contributed by atoms with Crippen LogP contribution in [0.5, 0.6) is 0 Å². The van der Waals surface area contributed by atoms with E-state index in [0.29, 0.717) is 21.4 Å². The summed E-state index contributed by atoms with van der Waals surface area (Å²) in [7, 11) is 0. The summed E-state index contributed by atoms with van der Waals surface area (Å²) < 4.78 is 5.32. The molecule has 0 aliphatic heterocycles. The molecule has 4 rings (SSSR count). The van der Waals surface area contributed by atoms with E-state index >= 15 is 0 Å². The number of hydrogen-bond acceptors (Lipinski definition) is 3. The van der Waals surface area contributed by atoms with E-state index < -0.39 is 0 Å². The SMILES string of the molecule is Clc1ccc2c(Nc3cccc(-c4ccccc4)c3Cl)noc2c1. The van der Waals surface area contributed by atoms with Crippen LogP contribution in [0.1, 0.15) is 0 Å². The number of halogens is 2. The van der Waals surface area contributed by atoms with Gasteiger partial charge in [-0.1, -0.05) is 70.8 Å². The molecule has 4 aromatic rings. The van der Waals surface area contributed by atoms with E-state index in [-0.39, 0.29) is 0 Å². The Morgan fingerprint density at radius 3 is 2.54 bits per heavy atom. The van der Waals surface area contributed by atoms with E-state index in [0.717, 1.165) is 22.2 Å². The highest BCUT2D eigenvalue weighted by Crippen LogP contribution is 2.36. The van der Waals surface area contributed by atoms with E-state index in [4.69, 9.17) is 27.7 Å². The van der Waals surface area contributed by atoms with E-state index in [1.807, 2.05) is 54.6 Å². The monoisotopic (exact) mass is 354 g/mol. The Morgan fingerprint density at radius 2 is 1.71 bits per heavy atom. The van der Waals surface area contributed by atoms with Gasteiger partial charge in [-0.05, 0) is 23.8 Å². The molecular formula is C19H12Cl2N2O. The van der Waals surface area contributed by atoms with Crippen LogP contribution in [0.2, 0.25) is 10.0 Å². The molecular weight excluding hydrogens is 343 g/mol. The first kappa shape index (κ1) is 15.1. The molecule has 1 aromatic heterocycles. The van der Waals surface area contributed by atoms with Crippen molar-refractivity contribution in [1.29, 1.82) is 0 Å². The van der Waals surface area contributed by atoms with Gasteiger partial charge in [0.1, 0.15) is 0 Å². The molecule has 0 amide bonds. The molecule has 118 valence electrons. The van der Waals surface area contributed by atoms with E-state index in [1.54, 1.807) is 12.1 Å². The number of fused-ring (bicyclic) bond motifs is 1. The minimum Gasteiger partial charge on any atom is -0.354 e. The molecule has 1 heterocycles. The van der Waals surface area contributed by atoms with Crippen molar-refractivity contribution in [1.82, 2.24) is 5.16 Å². The zero-order valence-electron chi connectivity index (χ0n) is 12.5. The number of nitrogens with zero attached hydrogens (tertiary/aromatic N) is 1. The summed E-state index contributed by atoms with van der Waals surface area (Å²) in [6.45, 7) is 0.